The van der Waals surface area contributed by atoms with Crippen LogP contribution in [0.1, 0.15) is 37.8 Å². The summed E-state index contributed by atoms with van der Waals surface area (Å²) in [6.07, 6.45) is 1.92. The Kier molecular flexibility index (Phi) is 10.6. The minimum Gasteiger partial charge on any atom is -0.481 e. The Balaban J connectivity index is 0.000000328. The van der Waals surface area contributed by atoms with Gasteiger partial charge in [0.2, 0.25) is 11.8 Å². The van der Waals surface area contributed by atoms with Crippen LogP contribution in [0.15, 0.2) is 65.9 Å². The molecule has 3 aliphatic heterocycles. The van der Waals surface area contributed by atoms with Gasteiger partial charge in [-0.15, -0.1) is 0 Å². The summed E-state index contributed by atoms with van der Waals surface area (Å²) in [7, 11) is 1.66. The molecule has 6 rings (SSSR count). The van der Waals surface area contributed by atoms with Crippen LogP contribution in [0.2, 0.25) is 0 Å². The number of aromatic amines is 1. The lowest BCUT2D eigenvalue weighted by Gasteiger charge is -2.41. The summed E-state index contributed by atoms with van der Waals surface area (Å²) in [6.45, 7) is 3.71. The van der Waals surface area contributed by atoms with E-state index in [1.165, 1.54) is 5.01 Å². The van der Waals surface area contributed by atoms with E-state index in [9.17, 15) is 28.8 Å². The van der Waals surface area contributed by atoms with Crippen molar-refractivity contribution in [2.24, 2.45) is 22.2 Å². The number of hydrazone groups is 1. The first-order valence-electron chi connectivity index (χ1n) is 16.7. The number of aliphatic carboxylic acids is 1. The van der Waals surface area contributed by atoms with Gasteiger partial charge in [0, 0.05) is 69.6 Å². The van der Waals surface area contributed by atoms with Crippen LogP contribution >= 0.6 is 0 Å². The van der Waals surface area contributed by atoms with Crippen molar-refractivity contribution in [3.63, 3.8) is 0 Å². The number of nitrogens with zero attached hydrogens (tertiary/aromatic N) is 4. The maximum Gasteiger partial charge on any atom is 0.407 e. The van der Waals surface area contributed by atoms with E-state index in [-0.39, 0.29) is 37.9 Å². The molecule has 3 aliphatic rings. The summed E-state index contributed by atoms with van der Waals surface area (Å²) in [5.41, 5.74) is 7.68. The largest absolute Gasteiger partial charge is 0.481 e. The number of carboxylic acid groups (broad SMARTS) is 2. The Morgan fingerprint density at radius 2 is 1.69 bits per heavy atom. The first-order chi connectivity index (χ1) is 24.1. The number of para-hydroxylation sites is 1. The molecule has 3 atom stereocenters. The molecule has 0 bridgehead atoms. The second-order valence-corrected chi connectivity index (χ2v) is 13.8. The number of fused-ring (bicyclic) bond motifs is 2. The van der Waals surface area contributed by atoms with E-state index in [0.29, 0.717) is 25.8 Å². The molecule has 6 N–H and O–H groups in total. The summed E-state index contributed by atoms with van der Waals surface area (Å²) in [5, 5.41) is 27.0. The monoisotopic (exact) mass is 701 g/mol. The van der Waals surface area contributed by atoms with Gasteiger partial charge >= 0.3 is 12.1 Å². The van der Waals surface area contributed by atoms with Crippen LogP contribution in [0.25, 0.3) is 10.9 Å². The molecular formula is C36H43N7O8. The zero-order chi connectivity index (χ0) is 37.1. The molecule has 2 aromatic carbocycles. The molecule has 4 heterocycles. The Hall–Kier alpha value is -5.57. The normalized spacial score (nSPS) is 21.0. The van der Waals surface area contributed by atoms with Crippen molar-refractivity contribution in [2.45, 2.75) is 51.1 Å². The number of carbonyl (C=O) groups excluding carboxylic acids is 4. The predicted octanol–water partition coefficient (Wildman–Crippen LogP) is 1.86. The number of amides is 4. The number of hydrogen-bond acceptors (Lipinski definition) is 8. The zero-order valence-electron chi connectivity index (χ0n) is 28.8. The molecule has 1 aromatic heterocycles. The highest BCUT2D eigenvalue weighted by atomic mass is 16.4. The number of carbonyl (C=O) groups is 6. The second-order valence-electron chi connectivity index (χ2n) is 13.8. The fraction of sp³-hybridized carbons (Fsp3) is 0.417. The smallest absolute Gasteiger partial charge is 0.407 e. The molecule has 270 valence electrons. The van der Waals surface area contributed by atoms with Gasteiger partial charge in [-0.3, -0.25) is 24.0 Å². The van der Waals surface area contributed by atoms with E-state index < -0.39 is 46.7 Å². The lowest BCUT2D eigenvalue weighted by atomic mass is 9.73. The number of aromatic nitrogens is 1. The lowest BCUT2D eigenvalue weighted by molar-refractivity contribution is -0.148. The van der Waals surface area contributed by atoms with Crippen molar-refractivity contribution < 1.29 is 39.0 Å². The number of rotatable bonds is 8. The first kappa shape index (κ1) is 36.7. The average molecular weight is 702 g/mol. The Morgan fingerprint density at radius 3 is 2.35 bits per heavy atom. The van der Waals surface area contributed by atoms with Crippen LogP contribution in [0, 0.1) is 11.3 Å². The molecule has 51 heavy (non-hydrogen) atoms. The fourth-order valence-electron chi connectivity index (χ4n) is 6.72. The van der Waals surface area contributed by atoms with Crippen LogP contribution in [-0.4, -0.2) is 116 Å². The highest BCUT2D eigenvalue weighted by Gasteiger charge is 2.54. The van der Waals surface area contributed by atoms with Gasteiger partial charge in [0.05, 0.1) is 11.3 Å². The number of hydrogen-bond donors (Lipinski definition) is 5. The molecule has 0 aliphatic carbocycles. The first-order valence-corrected chi connectivity index (χ1v) is 16.7. The number of piperidine rings is 2. The molecule has 0 spiro atoms. The van der Waals surface area contributed by atoms with E-state index in [4.69, 9.17) is 15.9 Å². The molecule has 15 nitrogen and oxygen atoms in total. The molecule has 2 unspecified atom stereocenters. The highest BCUT2D eigenvalue weighted by Crippen LogP contribution is 2.38. The average Bonchev–Trinajstić information content (AvgIpc) is 3.61. The molecule has 3 aromatic rings. The lowest BCUT2D eigenvalue weighted by Crippen LogP contribution is -2.61. The van der Waals surface area contributed by atoms with Crippen molar-refractivity contribution in [2.75, 3.05) is 33.2 Å². The molecule has 0 saturated carbocycles. The SMILES string of the molecule is CN1N=C2CCN(C(=O)[C@@H](Cc3c[nH]c4ccccc34)NC(=O)C(C)(C)N)CC2(Cc2ccccc2)C1=O.O=C(O)C1CN(C(=O)O)CCC1=O. The molecule has 0 radical (unpaired) electrons. The third-order valence-electron chi connectivity index (χ3n) is 9.54. The van der Waals surface area contributed by atoms with Gasteiger partial charge in [0.15, 0.2) is 5.78 Å². The number of nitrogens with two attached hydrogens (primary N) is 1. The number of nitrogens with one attached hydrogen (secondary N) is 2. The van der Waals surface area contributed by atoms with Gasteiger partial charge in [-0.2, -0.15) is 5.10 Å². The van der Waals surface area contributed by atoms with Gasteiger partial charge in [0.25, 0.3) is 5.91 Å². The Labute approximate surface area is 294 Å². The minimum atomic E-state index is -1.25. The minimum absolute atomic E-state index is 0.0106. The fourth-order valence-corrected chi connectivity index (χ4v) is 6.72. The van der Waals surface area contributed by atoms with Gasteiger partial charge in [0.1, 0.15) is 17.4 Å². The van der Waals surface area contributed by atoms with Crippen molar-refractivity contribution in [3.8, 4) is 0 Å². The van der Waals surface area contributed by atoms with Gasteiger partial charge in [-0.05, 0) is 37.5 Å². The predicted molar refractivity (Wildman–Crippen MR) is 187 cm³/mol. The summed E-state index contributed by atoms with van der Waals surface area (Å²) in [6, 6.07) is 16.8. The quantitative estimate of drug-likeness (QED) is 0.216. The number of Topliss-reactive ketones (excluding diaryl/α,β-unsaturated/α-hetero) is 1. The van der Waals surface area contributed by atoms with Gasteiger partial charge < -0.3 is 36.0 Å². The Morgan fingerprint density at radius 1 is 1.02 bits per heavy atom. The van der Waals surface area contributed by atoms with Crippen LogP contribution < -0.4 is 11.1 Å². The van der Waals surface area contributed by atoms with E-state index in [1.54, 1.807) is 25.8 Å². The summed E-state index contributed by atoms with van der Waals surface area (Å²) < 4.78 is 0. The van der Waals surface area contributed by atoms with Gasteiger partial charge in [-0.25, -0.2) is 9.80 Å². The highest BCUT2D eigenvalue weighted by molar-refractivity contribution is 6.13. The topological polar surface area (TPSA) is 219 Å². The summed E-state index contributed by atoms with van der Waals surface area (Å²) in [5.74, 6) is -3.60. The second kappa shape index (κ2) is 14.7. The van der Waals surface area contributed by atoms with Crippen molar-refractivity contribution in [3.05, 3.63) is 71.9 Å². The number of H-pyrrole nitrogens is 1. The maximum absolute atomic E-state index is 14.1. The van der Waals surface area contributed by atoms with E-state index >= 15 is 0 Å². The number of benzene rings is 2. The van der Waals surface area contributed by atoms with E-state index in [0.717, 1.165) is 32.6 Å². The van der Waals surface area contributed by atoms with E-state index in [1.807, 2.05) is 60.8 Å². The third kappa shape index (κ3) is 7.93. The van der Waals surface area contributed by atoms with Crippen molar-refractivity contribution >= 4 is 52.2 Å². The van der Waals surface area contributed by atoms with Crippen molar-refractivity contribution in [1.82, 2.24) is 25.1 Å². The zero-order valence-corrected chi connectivity index (χ0v) is 28.8. The molecule has 15 heteroatoms. The van der Waals surface area contributed by atoms with E-state index in [2.05, 4.69) is 15.4 Å². The van der Waals surface area contributed by atoms with Crippen LogP contribution in [0.3, 0.4) is 0 Å². The molecular weight excluding hydrogens is 658 g/mol. The van der Waals surface area contributed by atoms with Crippen LogP contribution in [-0.2, 0) is 36.8 Å². The number of ketones is 1. The molecule has 4 amide bonds. The standard InChI is InChI=1S/C29H34N6O3.C7H9NO5/c1-28(2,30)26(37)32-23(15-20-17-31-22-12-8-7-11-21(20)22)25(36)35-14-13-24-29(18-35,27(38)34(3)33-24)16-19-9-5-4-6-10-19;9-5-1-2-8(7(12)13)3-4(5)6(10)11/h4-12,17,23,31H,13-16,18,30H2,1-3H3,(H,32,37);4H,1-3H2,(H,10,11)(H,12,13)/t23-,29?;/m1./s1. The third-order valence-corrected chi connectivity index (χ3v) is 9.54. The molecule has 2 fully saturated rings. The maximum atomic E-state index is 14.1. The van der Waals surface area contributed by atoms with Crippen LogP contribution in [0.5, 0.6) is 0 Å². The Bertz CT molecular complexity index is 1870. The summed E-state index contributed by atoms with van der Waals surface area (Å²) >= 11 is 0. The number of likely N-dealkylation sites (tertiary alicyclic amines) is 2. The van der Waals surface area contributed by atoms with Gasteiger partial charge in [-0.1, -0.05) is 48.5 Å². The van der Waals surface area contributed by atoms with Crippen molar-refractivity contribution in [1.29, 1.82) is 0 Å². The molecule has 2 saturated heterocycles. The van der Waals surface area contributed by atoms with Crippen LogP contribution in [0.4, 0.5) is 4.79 Å². The summed E-state index contributed by atoms with van der Waals surface area (Å²) in [4.78, 5) is 78.4. The number of carboxylic acids is 1.